The standard InChI is InChI=1S/C15H22N2O2S/c1-9-15(2,3)20-14-11(13(19)17(9)14)16-12(18)10-7-5-4-6-8-10/h10-11,14H,1,4-8H2,2-3H3,(H,16,18)/t11-,14-/m1/s1. The Bertz CT molecular complexity index is 468. The Morgan fingerprint density at radius 1 is 1.35 bits per heavy atom. The highest BCUT2D eigenvalue weighted by atomic mass is 32.2. The van der Waals surface area contributed by atoms with E-state index in [0.29, 0.717) is 0 Å². The van der Waals surface area contributed by atoms with Gasteiger partial charge < -0.3 is 5.32 Å². The van der Waals surface area contributed by atoms with Gasteiger partial charge in [0.15, 0.2) is 0 Å². The van der Waals surface area contributed by atoms with E-state index in [9.17, 15) is 9.59 Å². The molecule has 4 nitrogen and oxygen atoms in total. The Morgan fingerprint density at radius 2 is 2.00 bits per heavy atom. The Balaban J connectivity index is 1.64. The molecular formula is C15H22N2O2S. The van der Waals surface area contributed by atoms with Crippen LogP contribution < -0.4 is 5.32 Å². The van der Waals surface area contributed by atoms with Crippen LogP contribution in [0.4, 0.5) is 0 Å². The molecule has 1 N–H and O–H groups in total. The van der Waals surface area contributed by atoms with Gasteiger partial charge in [-0.2, -0.15) is 0 Å². The van der Waals surface area contributed by atoms with Gasteiger partial charge in [-0.05, 0) is 26.7 Å². The number of hydrogen-bond donors (Lipinski definition) is 1. The number of amides is 2. The lowest BCUT2D eigenvalue weighted by Gasteiger charge is -2.42. The average molecular weight is 294 g/mol. The summed E-state index contributed by atoms with van der Waals surface area (Å²) in [5.74, 6) is 0.175. The van der Waals surface area contributed by atoms with Crippen molar-refractivity contribution in [2.75, 3.05) is 0 Å². The predicted octanol–water partition coefficient (Wildman–Crippen LogP) is 2.26. The van der Waals surface area contributed by atoms with Crippen LogP contribution in [0, 0.1) is 5.92 Å². The Hall–Kier alpha value is -0.970. The summed E-state index contributed by atoms with van der Waals surface area (Å²) in [7, 11) is 0. The van der Waals surface area contributed by atoms with Crippen molar-refractivity contribution in [2.24, 2.45) is 5.92 Å². The van der Waals surface area contributed by atoms with Gasteiger partial charge in [-0.1, -0.05) is 25.8 Å². The first-order chi connectivity index (χ1) is 9.42. The molecule has 3 rings (SSSR count). The molecule has 20 heavy (non-hydrogen) atoms. The summed E-state index contributed by atoms with van der Waals surface area (Å²) in [6.07, 6.45) is 5.42. The quantitative estimate of drug-likeness (QED) is 0.795. The van der Waals surface area contributed by atoms with E-state index in [0.717, 1.165) is 31.4 Å². The van der Waals surface area contributed by atoms with E-state index in [2.05, 4.69) is 25.7 Å². The number of thioether (sulfide) groups is 1. The number of carbonyl (C=O) groups excluding carboxylic acids is 2. The van der Waals surface area contributed by atoms with Crippen LogP contribution in [0.15, 0.2) is 12.3 Å². The number of hydrogen-bond acceptors (Lipinski definition) is 3. The van der Waals surface area contributed by atoms with Crippen molar-refractivity contribution in [2.45, 2.75) is 62.1 Å². The molecule has 0 bridgehead atoms. The molecule has 5 heteroatoms. The highest BCUT2D eigenvalue weighted by molar-refractivity contribution is 8.01. The summed E-state index contributed by atoms with van der Waals surface area (Å²) in [4.78, 5) is 26.2. The van der Waals surface area contributed by atoms with Crippen LogP contribution >= 0.6 is 11.8 Å². The van der Waals surface area contributed by atoms with Crippen LogP contribution in [0.25, 0.3) is 0 Å². The lowest BCUT2D eigenvalue weighted by Crippen LogP contribution is -2.67. The van der Waals surface area contributed by atoms with Crippen LogP contribution in [0.2, 0.25) is 0 Å². The van der Waals surface area contributed by atoms with Crippen LogP contribution in [-0.2, 0) is 9.59 Å². The number of nitrogens with one attached hydrogen (secondary N) is 1. The fourth-order valence-electron chi connectivity index (χ4n) is 3.30. The molecule has 2 heterocycles. The number of β-lactam (4-membered cyclic amide) rings is 1. The van der Waals surface area contributed by atoms with Gasteiger partial charge in [0.25, 0.3) is 5.91 Å². The molecule has 0 aromatic heterocycles. The molecule has 1 saturated carbocycles. The first-order valence-corrected chi connectivity index (χ1v) is 8.30. The van der Waals surface area contributed by atoms with Gasteiger partial charge in [0, 0.05) is 11.6 Å². The molecule has 0 spiro atoms. The second-order valence-corrected chi connectivity index (χ2v) is 8.23. The van der Waals surface area contributed by atoms with Gasteiger partial charge in [-0.3, -0.25) is 14.5 Å². The molecule has 0 aromatic rings. The number of carbonyl (C=O) groups is 2. The molecule has 0 unspecified atom stereocenters. The van der Waals surface area contributed by atoms with Gasteiger partial charge in [0.2, 0.25) is 5.91 Å². The van der Waals surface area contributed by atoms with Crippen molar-refractivity contribution in [1.82, 2.24) is 10.2 Å². The topological polar surface area (TPSA) is 49.4 Å². The third-order valence-electron chi connectivity index (χ3n) is 4.72. The fraction of sp³-hybridized carbons (Fsp3) is 0.733. The van der Waals surface area contributed by atoms with Crippen molar-refractivity contribution in [3.63, 3.8) is 0 Å². The van der Waals surface area contributed by atoms with E-state index in [-0.39, 0.29) is 33.9 Å². The summed E-state index contributed by atoms with van der Waals surface area (Å²) < 4.78 is -0.120. The van der Waals surface area contributed by atoms with Gasteiger partial charge in [-0.25, -0.2) is 0 Å². The van der Waals surface area contributed by atoms with Gasteiger partial charge in [0.1, 0.15) is 11.4 Å². The molecular weight excluding hydrogens is 272 g/mol. The van der Waals surface area contributed by atoms with E-state index in [1.807, 2.05) is 0 Å². The zero-order valence-electron chi connectivity index (χ0n) is 12.1. The smallest absolute Gasteiger partial charge is 0.253 e. The molecule has 2 saturated heterocycles. The highest BCUT2D eigenvalue weighted by Gasteiger charge is 2.58. The van der Waals surface area contributed by atoms with Crippen molar-refractivity contribution in [3.05, 3.63) is 12.3 Å². The minimum Gasteiger partial charge on any atom is -0.342 e. The first-order valence-electron chi connectivity index (χ1n) is 7.42. The maximum Gasteiger partial charge on any atom is 0.253 e. The van der Waals surface area contributed by atoms with Gasteiger partial charge >= 0.3 is 0 Å². The molecule has 0 aromatic carbocycles. The van der Waals surface area contributed by atoms with Crippen molar-refractivity contribution in [3.8, 4) is 0 Å². The molecule has 3 fully saturated rings. The van der Waals surface area contributed by atoms with E-state index < -0.39 is 0 Å². The van der Waals surface area contributed by atoms with Crippen LogP contribution in [0.3, 0.4) is 0 Å². The predicted molar refractivity (Wildman–Crippen MR) is 79.9 cm³/mol. The molecule has 3 aliphatic rings. The molecule has 0 radical (unpaired) electrons. The van der Waals surface area contributed by atoms with Gasteiger partial charge in [0.05, 0.1) is 4.75 Å². The summed E-state index contributed by atoms with van der Waals surface area (Å²) in [5, 5.41) is 3.01. The summed E-state index contributed by atoms with van der Waals surface area (Å²) in [6.45, 7) is 8.17. The minimum atomic E-state index is -0.354. The largest absolute Gasteiger partial charge is 0.342 e. The average Bonchev–Trinajstić information content (AvgIpc) is 2.65. The van der Waals surface area contributed by atoms with Crippen LogP contribution in [-0.4, -0.2) is 32.9 Å². The number of rotatable bonds is 2. The highest BCUT2D eigenvalue weighted by Crippen LogP contribution is 2.52. The summed E-state index contributed by atoms with van der Waals surface area (Å²) in [5.41, 5.74) is 0.862. The number of fused-ring (bicyclic) bond motifs is 1. The molecule has 110 valence electrons. The Kier molecular flexibility index (Phi) is 3.35. The van der Waals surface area contributed by atoms with E-state index in [1.54, 1.807) is 16.7 Å². The lowest BCUT2D eigenvalue weighted by molar-refractivity contribution is -0.146. The Labute approximate surface area is 124 Å². The second kappa shape index (κ2) is 4.79. The Morgan fingerprint density at radius 3 is 2.65 bits per heavy atom. The number of nitrogens with zero attached hydrogens (tertiary/aromatic N) is 1. The molecule has 2 atom stereocenters. The maximum atomic E-state index is 12.3. The van der Waals surface area contributed by atoms with Crippen LogP contribution in [0.5, 0.6) is 0 Å². The normalized spacial score (nSPS) is 32.8. The van der Waals surface area contributed by atoms with Crippen LogP contribution in [0.1, 0.15) is 46.0 Å². The minimum absolute atomic E-state index is 0.00207. The summed E-state index contributed by atoms with van der Waals surface area (Å²) >= 11 is 1.72. The second-order valence-electron chi connectivity index (χ2n) is 6.49. The zero-order valence-corrected chi connectivity index (χ0v) is 13.0. The monoisotopic (exact) mass is 294 g/mol. The first kappa shape index (κ1) is 14.0. The third-order valence-corrected chi connectivity index (χ3v) is 6.27. The molecule has 2 aliphatic heterocycles. The molecule has 1 aliphatic carbocycles. The van der Waals surface area contributed by atoms with Crippen molar-refractivity contribution >= 4 is 23.6 Å². The summed E-state index contributed by atoms with van der Waals surface area (Å²) in [6, 6.07) is -0.354. The van der Waals surface area contributed by atoms with Crippen molar-refractivity contribution < 1.29 is 9.59 Å². The zero-order chi connectivity index (χ0) is 14.5. The SMILES string of the molecule is C=C1N2C(=O)[C@@H](NC(=O)C3CCCCC3)[C@H]2SC1(C)C. The maximum absolute atomic E-state index is 12.3. The van der Waals surface area contributed by atoms with E-state index in [4.69, 9.17) is 0 Å². The lowest BCUT2D eigenvalue weighted by atomic mass is 9.88. The van der Waals surface area contributed by atoms with Gasteiger partial charge in [-0.15, -0.1) is 11.8 Å². The van der Waals surface area contributed by atoms with E-state index in [1.165, 1.54) is 6.42 Å². The van der Waals surface area contributed by atoms with Crippen molar-refractivity contribution in [1.29, 1.82) is 0 Å². The third kappa shape index (κ3) is 2.07. The fourth-order valence-corrected chi connectivity index (χ4v) is 4.80. The van der Waals surface area contributed by atoms with E-state index >= 15 is 0 Å². The molecule has 2 amide bonds.